The van der Waals surface area contributed by atoms with E-state index >= 15 is 0 Å². The number of ether oxygens (including phenoxy) is 2. The maximum absolute atomic E-state index is 13.4. The summed E-state index contributed by atoms with van der Waals surface area (Å²) in [7, 11) is 0. The van der Waals surface area contributed by atoms with E-state index in [-0.39, 0.29) is 18.7 Å². The van der Waals surface area contributed by atoms with Crippen LogP contribution in [0.3, 0.4) is 0 Å². The van der Waals surface area contributed by atoms with Gasteiger partial charge in [0, 0.05) is 17.5 Å². The zero-order chi connectivity index (χ0) is 30.1. The predicted octanol–water partition coefficient (Wildman–Crippen LogP) is 6.68. The highest BCUT2D eigenvalue weighted by Gasteiger charge is 2.35. The van der Waals surface area contributed by atoms with Crippen LogP contribution in [-0.2, 0) is 37.3 Å². The molecule has 2 aromatic rings. The number of allylic oxidation sites excluding steroid dienone is 2. The van der Waals surface area contributed by atoms with E-state index in [0.29, 0.717) is 18.4 Å². The molecule has 6 nitrogen and oxygen atoms in total. The van der Waals surface area contributed by atoms with Crippen LogP contribution >= 0.6 is 0 Å². The third-order valence-electron chi connectivity index (χ3n) is 5.97. The fourth-order valence-corrected chi connectivity index (χ4v) is 4.14. The molecule has 0 aromatic heterocycles. The van der Waals surface area contributed by atoms with Crippen LogP contribution in [-0.4, -0.2) is 17.5 Å². The van der Waals surface area contributed by atoms with Crippen LogP contribution in [0, 0.1) is 0 Å². The van der Waals surface area contributed by atoms with Crippen LogP contribution in [0.4, 0.5) is 13.2 Å². The van der Waals surface area contributed by atoms with Crippen molar-refractivity contribution in [2.45, 2.75) is 70.8 Å². The van der Waals surface area contributed by atoms with Gasteiger partial charge in [0.05, 0.1) is 5.56 Å². The lowest BCUT2D eigenvalue weighted by Gasteiger charge is -2.32. The zero-order valence-electron chi connectivity index (χ0n) is 23.4. The first kappa shape index (κ1) is 32.2. The van der Waals surface area contributed by atoms with E-state index < -0.39 is 46.1 Å². The molecule has 0 aliphatic carbocycles. The number of halogens is 3. The number of carbonyl (C=O) groups excluding carboxylic acids is 2. The highest BCUT2D eigenvalue weighted by atomic mass is 19.4. The molecule has 0 fully saturated rings. The molecule has 1 amide bonds. The van der Waals surface area contributed by atoms with E-state index in [4.69, 9.17) is 15.2 Å². The maximum atomic E-state index is 13.4. The summed E-state index contributed by atoms with van der Waals surface area (Å²) in [5.74, 6) is -2.24. The van der Waals surface area contributed by atoms with Crippen molar-refractivity contribution in [2.24, 2.45) is 5.73 Å². The Balaban J connectivity index is 2.37. The highest BCUT2D eigenvalue weighted by molar-refractivity contribution is 6.01. The summed E-state index contributed by atoms with van der Waals surface area (Å²) in [6.45, 7) is 14.6. The van der Waals surface area contributed by atoms with E-state index in [0.717, 1.165) is 17.7 Å². The summed E-state index contributed by atoms with van der Waals surface area (Å²) in [5, 5.41) is 2.60. The lowest BCUT2D eigenvalue weighted by Crippen LogP contribution is -2.35. The third-order valence-corrected chi connectivity index (χ3v) is 5.97. The van der Waals surface area contributed by atoms with Crippen LogP contribution in [0.15, 0.2) is 91.0 Å². The molecular weight excluding hydrogens is 521 g/mol. The molecule has 0 spiro atoms. The summed E-state index contributed by atoms with van der Waals surface area (Å²) in [6, 6.07) is 14.0. The van der Waals surface area contributed by atoms with Crippen LogP contribution < -0.4 is 11.1 Å². The number of nitrogens with two attached hydrogens (primary N) is 1. The average Bonchev–Trinajstić information content (AvgIpc) is 2.87. The molecule has 1 atom stereocenters. The van der Waals surface area contributed by atoms with Crippen molar-refractivity contribution in [1.29, 1.82) is 0 Å². The number of benzene rings is 2. The van der Waals surface area contributed by atoms with Crippen molar-refractivity contribution in [1.82, 2.24) is 5.32 Å². The van der Waals surface area contributed by atoms with Crippen LogP contribution in [0.25, 0.3) is 0 Å². The quantitative estimate of drug-likeness (QED) is 0.131. The second-order valence-electron chi connectivity index (χ2n) is 10.4. The molecule has 0 saturated heterocycles. The van der Waals surface area contributed by atoms with Gasteiger partial charge < -0.3 is 20.5 Å². The lowest BCUT2D eigenvalue weighted by atomic mass is 9.73. The van der Waals surface area contributed by atoms with Gasteiger partial charge in [0.2, 0.25) is 5.76 Å². The fraction of sp³-hybridized carbons (Fsp3) is 0.355. The highest BCUT2D eigenvalue weighted by Crippen LogP contribution is 2.39. The Hall–Kier alpha value is -4.01. The Bertz CT molecular complexity index is 1250. The first-order valence-corrected chi connectivity index (χ1v) is 12.8. The summed E-state index contributed by atoms with van der Waals surface area (Å²) < 4.78 is 51.3. The monoisotopic (exact) mass is 558 g/mol. The SMILES string of the molecule is C=CC(CCC)(CC(=C)NC(=O)/C(OCc1ccccc1)=C(\N)C(=O)OC(C)(C)C)c1cccc(C(F)(F)F)c1. The summed E-state index contributed by atoms with van der Waals surface area (Å²) in [4.78, 5) is 26.0. The average molecular weight is 559 g/mol. The van der Waals surface area contributed by atoms with Gasteiger partial charge in [0.15, 0.2) is 5.70 Å². The van der Waals surface area contributed by atoms with E-state index in [1.807, 2.05) is 13.0 Å². The summed E-state index contributed by atoms with van der Waals surface area (Å²) in [5.41, 5.74) is 4.17. The van der Waals surface area contributed by atoms with Crippen LogP contribution in [0.1, 0.15) is 63.6 Å². The number of alkyl halides is 3. The molecule has 2 aromatic carbocycles. The van der Waals surface area contributed by atoms with Gasteiger partial charge in [0.1, 0.15) is 12.2 Å². The van der Waals surface area contributed by atoms with Crippen molar-refractivity contribution >= 4 is 11.9 Å². The minimum absolute atomic E-state index is 0.0513. The van der Waals surface area contributed by atoms with E-state index in [9.17, 15) is 22.8 Å². The van der Waals surface area contributed by atoms with Gasteiger partial charge in [-0.2, -0.15) is 13.2 Å². The van der Waals surface area contributed by atoms with E-state index in [1.165, 1.54) is 6.07 Å². The first-order valence-electron chi connectivity index (χ1n) is 12.8. The lowest BCUT2D eigenvalue weighted by molar-refractivity contribution is -0.150. The van der Waals surface area contributed by atoms with Crippen molar-refractivity contribution in [3.8, 4) is 0 Å². The normalized spacial score (nSPS) is 13.9. The molecule has 0 aliphatic rings. The minimum atomic E-state index is -4.52. The van der Waals surface area contributed by atoms with Gasteiger partial charge in [-0.05, 0) is 44.4 Å². The molecule has 0 heterocycles. The summed E-state index contributed by atoms with van der Waals surface area (Å²) in [6.07, 6.45) is -1.83. The van der Waals surface area contributed by atoms with Crippen molar-refractivity contribution < 1.29 is 32.2 Å². The van der Waals surface area contributed by atoms with Crippen molar-refractivity contribution in [3.63, 3.8) is 0 Å². The minimum Gasteiger partial charge on any atom is -0.481 e. The molecule has 3 N–H and O–H groups in total. The van der Waals surface area contributed by atoms with Gasteiger partial charge in [-0.3, -0.25) is 4.79 Å². The molecule has 9 heteroatoms. The smallest absolute Gasteiger partial charge is 0.416 e. The molecule has 1 unspecified atom stereocenters. The van der Waals surface area contributed by atoms with Gasteiger partial charge >= 0.3 is 12.1 Å². The first-order chi connectivity index (χ1) is 18.6. The molecule has 0 radical (unpaired) electrons. The van der Waals surface area contributed by atoms with Crippen molar-refractivity contribution in [2.75, 3.05) is 0 Å². The second-order valence-corrected chi connectivity index (χ2v) is 10.4. The largest absolute Gasteiger partial charge is 0.481 e. The second kappa shape index (κ2) is 13.4. The van der Waals surface area contributed by atoms with Crippen LogP contribution in [0.5, 0.6) is 0 Å². The van der Waals surface area contributed by atoms with Gasteiger partial charge in [-0.15, -0.1) is 6.58 Å². The molecule has 0 bridgehead atoms. The Morgan fingerprint density at radius 2 is 1.65 bits per heavy atom. The topological polar surface area (TPSA) is 90.6 Å². The molecule has 40 heavy (non-hydrogen) atoms. The molecule has 0 aliphatic heterocycles. The number of carbonyl (C=O) groups is 2. The Kier molecular flexibility index (Phi) is 10.8. The fourth-order valence-electron chi connectivity index (χ4n) is 4.14. The maximum Gasteiger partial charge on any atom is 0.416 e. The zero-order valence-corrected chi connectivity index (χ0v) is 23.4. The molecule has 216 valence electrons. The number of hydrogen-bond acceptors (Lipinski definition) is 5. The Morgan fingerprint density at radius 3 is 2.20 bits per heavy atom. The van der Waals surface area contributed by atoms with E-state index in [2.05, 4.69) is 18.5 Å². The predicted molar refractivity (Wildman–Crippen MR) is 148 cm³/mol. The van der Waals surface area contributed by atoms with Gasteiger partial charge in [-0.1, -0.05) is 74.5 Å². The van der Waals surface area contributed by atoms with Crippen molar-refractivity contribution in [3.05, 3.63) is 108 Å². The number of rotatable bonds is 12. The Labute approximate surface area is 233 Å². The van der Waals surface area contributed by atoms with E-state index in [1.54, 1.807) is 57.2 Å². The third kappa shape index (κ3) is 9.03. The molecule has 2 rings (SSSR count). The number of hydrogen-bond donors (Lipinski definition) is 2. The Morgan fingerprint density at radius 1 is 1.02 bits per heavy atom. The van der Waals surface area contributed by atoms with Gasteiger partial charge in [-0.25, -0.2) is 4.79 Å². The van der Waals surface area contributed by atoms with Gasteiger partial charge in [0.25, 0.3) is 5.91 Å². The number of esters is 1. The number of amides is 1. The molecule has 0 saturated carbocycles. The van der Waals surface area contributed by atoms with Crippen LogP contribution in [0.2, 0.25) is 0 Å². The molecular formula is C31H37F3N2O4. The summed E-state index contributed by atoms with van der Waals surface area (Å²) >= 11 is 0. The number of nitrogens with one attached hydrogen (secondary N) is 1. The standard InChI is InChI=1S/C31H37F3N2O4/c1-7-17-30(8-2,23-15-12-16-24(18-23)31(32,33)34)19-21(3)36-27(37)26(25(35)28(38)40-29(4,5)6)39-20-22-13-10-9-11-14-22/h8-16,18H,2-3,7,17,19-20,35H2,1,4-6H3,(H,36,37)/b26-25+.